The summed E-state index contributed by atoms with van der Waals surface area (Å²) in [6, 6.07) is 8.00. The van der Waals surface area contributed by atoms with Gasteiger partial charge in [-0.25, -0.2) is 4.98 Å². The third-order valence-electron chi connectivity index (χ3n) is 2.36. The summed E-state index contributed by atoms with van der Waals surface area (Å²) in [4.78, 5) is 11.2. The first-order chi connectivity index (χ1) is 8.29. The molecule has 0 atom stereocenters. The Bertz CT molecular complexity index is 515. The topological polar surface area (TPSA) is 52.8 Å². The van der Waals surface area contributed by atoms with Crippen molar-refractivity contribution >= 4 is 16.5 Å². The predicted molar refractivity (Wildman–Crippen MR) is 68.0 cm³/mol. The summed E-state index contributed by atoms with van der Waals surface area (Å²) >= 11 is 1.41. The maximum absolute atomic E-state index is 8.73. The lowest BCUT2D eigenvalue weighted by atomic mass is 10.2. The molecule has 0 unspecified atom stereocenters. The van der Waals surface area contributed by atoms with E-state index in [1.807, 2.05) is 30.1 Å². The first kappa shape index (κ1) is 11.6. The van der Waals surface area contributed by atoms with Crippen molar-refractivity contribution in [2.75, 3.05) is 18.5 Å². The van der Waals surface area contributed by atoms with Crippen LogP contribution in [0.2, 0.25) is 0 Å². The van der Waals surface area contributed by atoms with Crippen molar-refractivity contribution in [1.82, 2.24) is 9.97 Å². The maximum atomic E-state index is 8.73. The number of hydrogen-bond donors (Lipinski definition) is 0. The van der Waals surface area contributed by atoms with Gasteiger partial charge in [0, 0.05) is 31.9 Å². The van der Waals surface area contributed by atoms with E-state index in [9.17, 15) is 0 Å². The molecule has 5 heteroatoms. The summed E-state index contributed by atoms with van der Waals surface area (Å²) in [5, 5.41) is 9.61. The van der Waals surface area contributed by atoms with E-state index in [0.717, 1.165) is 23.8 Å². The van der Waals surface area contributed by atoms with Gasteiger partial charge < -0.3 is 4.90 Å². The van der Waals surface area contributed by atoms with Gasteiger partial charge in [0.05, 0.1) is 6.20 Å². The third kappa shape index (κ3) is 3.02. The number of nitrogens with zero attached hydrogens (tertiary/aromatic N) is 4. The molecule has 86 valence electrons. The van der Waals surface area contributed by atoms with Crippen molar-refractivity contribution in [3.63, 3.8) is 0 Å². The molecular weight excluding hydrogens is 232 g/mol. The summed E-state index contributed by atoms with van der Waals surface area (Å²) in [5.74, 6) is 0. The van der Waals surface area contributed by atoms with Gasteiger partial charge in [-0.15, -0.1) is 0 Å². The molecular formula is C12H12N4S. The maximum Gasteiger partial charge on any atom is 0.186 e. The Balaban J connectivity index is 1.94. The zero-order chi connectivity index (χ0) is 12.1. The Hall–Kier alpha value is -1.93. The molecule has 0 aliphatic rings. The standard InChI is InChI=1S/C12H12N4S/c1-16(12-15-9-11(8-13)17-12)7-5-10-4-2-3-6-14-10/h2-4,6,9H,5,7H2,1H3. The van der Waals surface area contributed by atoms with Gasteiger partial charge in [0.2, 0.25) is 0 Å². The summed E-state index contributed by atoms with van der Waals surface area (Å²) in [7, 11) is 1.98. The Kier molecular flexibility index (Phi) is 3.68. The van der Waals surface area contributed by atoms with Crippen LogP contribution in [0.3, 0.4) is 0 Å². The Morgan fingerprint density at radius 3 is 2.94 bits per heavy atom. The monoisotopic (exact) mass is 244 g/mol. The SMILES string of the molecule is CN(CCc1ccccn1)c1ncc(C#N)s1. The van der Waals surface area contributed by atoms with E-state index in [1.54, 1.807) is 12.4 Å². The molecule has 4 nitrogen and oxygen atoms in total. The molecule has 0 bridgehead atoms. The molecule has 0 spiro atoms. The molecule has 2 heterocycles. The number of aromatic nitrogens is 2. The van der Waals surface area contributed by atoms with E-state index in [-0.39, 0.29) is 0 Å². The van der Waals surface area contributed by atoms with Crippen LogP contribution in [0.25, 0.3) is 0 Å². The average Bonchev–Trinajstić information content (AvgIpc) is 2.86. The van der Waals surface area contributed by atoms with E-state index in [2.05, 4.69) is 16.0 Å². The number of pyridine rings is 1. The Morgan fingerprint density at radius 1 is 1.41 bits per heavy atom. The quantitative estimate of drug-likeness (QED) is 0.826. The minimum Gasteiger partial charge on any atom is -0.351 e. The Labute approximate surface area is 104 Å². The highest BCUT2D eigenvalue weighted by atomic mass is 32.1. The van der Waals surface area contributed by atoms with Gasteiger partial charge in [-0.05, 0) is 12.1 Å². The first-order valence-electron chi connectivity index (χ1n) is 5.26. The van der Waals surface area contributed by atoms with Crippen molar-refractivity contribution < 1.29 is 0 Å². The number of thiazole rings is 1. The van der Waals surface area contributed by atoms with Gasteiger partial charge in [0.1, 0.15) is 10.9 Å². The molecule has 0 saturated heterocycles. The molecule has 17 heavy (non-hydrogen) atoms. The molecule has 0 saturated carbocycles. The molecule has 2 aromatic rings. The lowest BCUT2D eigenvalue weighted by Gasteiger charge is -2.14. The third-order valence-corrected chi connectivity index (χ3v) is 3.38. The van der Waals surface area contributed by atoms with E-state index in [4.69, 9.17) is 5.26 Å². The first-order valence-corrected chi connectivity index (χ1v) is 6.08. The van der Waals surface area contributed by atoms with E-state index >= 15 is 0 Å². The molecule has 2 aromatic heterocycles. The fraction of sp³-hybridized carbons (Fsp3) is 0.250. The van der Waals surface area contributed by atoms with Crippen LogP contribution in [0.4, 0.5) is 5.13 Å². The van der Waals surface area contributed by atoms with Crippen molar-refractivity contribution in [3.8, 4) is 6.07 Å². The van der Waals surface area contributed by atoms with Crippen LogP contribution in [-0.2, 0) is 6.42 Å². The second-order valence-corrected chi connectivity index (χ2v) is 4.62. The highest BCUT2D eigenvalue weighted by molar-refractivity contribution is 7.16. The largest absolute Gasteiger partial charge is 0.351 e. The lowest BCUT2D eigenvalue weighted by molar-refractivity contribution is 0.848. The van der Waals surface area contributed by atoms with Crippen LogP contribution in [-0.4, -0.2) is 23.6 Å². The van der Waals surface area contributed by atoms with E-state index < -0.39 is 0 Å². The molecule has 0 amide bonds. The minimum absolute atomic E-state index is 0.643. The number of likely N-dealkylation sites (N-methyl/N-ethyl adjacent to an activating group) is 1. The zero-order valence-corrected chi connectivity index (χ0v) is 10.3. The molecule has 0 N–H and O–H groups in total. The molecule has 2 rings (SSSR count). The Morgan fingerprint density at radius 2 is 2.29 bits per heavy atom. The van der Waals surface area contributed by atoms with Gasteiger partial charge in [-0.1, -0.05) is 17.4 Å². The lowest BCUT2D eigenvalue weighted by Crippen LogP contribution is -2.20. The second kappa shape index (κ2) is 5.41. The number of rotatable bonds is 4. The van der Waals surface area contributed by atoms with Crippen LogP contribution in [0.5, 0.6) is 0 Å². The molecule has 0 aromatic carbocycles. The van der Waals surface area contributed by atoms with Crippen LogP contribution in [0.1, 0.15) is 10.6 Å². The fourth-order valence-electron chi connectivity index (χ4n) is 1.42. The molecule has 0 radical (unpaired) electrons. The summed E-state index contributed by atoms with van der Waals surface area (Å²) in [5.41, 5.74) is 1.07. The van der Waals surface area contributed by atoms with Gasteiger partial charge in [0.15, 0.2) is 5.13 Å². The van der Waals surface area contributed by atoms with Crippen molar-refractivity contribution in [2.24, 2.45) is 0 Å². The number of nitriles is 1. The zero-order valence-electron chi connectivity index (χ0n) is 9.50. The van der Waals surface area contributed by atoms with Gasteiger partial charge >= 0.3 is 0 Å². The highest BCUT2D eigenvalue weighted by Gasteiger charge is 2.06. The molecule has 0 aliphatic heterocycles. The average molecular weight is 244 g/mol. The second-order valence-electron chi connectivity index (χ2n) is 3.61. The van der Waals surface area contributed by atoms with Crippen molar-refractivity contribution in [3.05, 3.63) is 41.2 Å². The normalized spacial score (nSPS) is 9.88. The van der Waals surface area contributed by atoms with Gasteiger partial charge in [-0.2, -0.15) is 5.26 Å². The fourth-order valence-corrected chi connectivity index (χ4v) is 2.12. The predicted octanol–water partition coefficient (Wildman–Crippen LogP) is 2.09. The summed E-state index contributed by atoms with van der Waals surface area (Å²) < 4.78 is 0. The van der Waals surface area contributed by atoms with Crippen molar-refractivity contribution in [2.45, 2.75) is 6.42 Å². The van der Waals surface area contributed by atoms with E-state index in [1.165, 1.54) is 11.3 Å². The highest BCUT2D eigenvalue weighted by Crippen LogP contribution is 2.20. The van der Waals surface area contributed by atoms with E-state index in [0.29, 0.717) is 4.88 Å². The minimum atomic E-state index is 0.643. The van der Waals surface area contributed by atoms with Crippen LogP contribution >= 0.6 is 11.3 Å². The van der Waals surface area contributed by atoms with Crippen LogP contribution < -0.4 is 4.90 Å². The summed E-state index contributed by atoms with van der Waals surface area (Å²) in [6.07, 6.45) is 4.28. The summed E-state index contributed by atoms with van der Waals surface area (Å²) in [6.45, 7) is 0.843. The van der Waals surface area contributed by atoms with Crippen LogP contribution in [0.15, 0.2) is 30.6 Å². The molecule has 0 fully saturated rings. The van der Waals surface area contributed by atoms with Gasteiger partial charge in [0.25, 0.3) is 0 Å². The van der Waals surface area contributed by atoms with Gasteiger partial charge in [-0.3, -0.25) is 4.98 Å². The smallest absolute Gasteiger partial charge is 0.186 e. The van der Waals surface area contributed by atoms with Crippen molar-refractivity contribution in [1.29, 1.82) is 5.26 Å². The number of hydrogen-bond acceptors (Lipinski definition) is 5. The number of anilines is 1. The van der Waals surface area contributed by atoms with Crippen LogP contribution in [0, 0.1) is 11.3 Å². The molecule has 0 aliphatic carbocycles.